The Labute approximate surface area is 109 Å². The van der Waals surface area contributed by atoms with Crippen molar-refractivity contribution in [2.45, 2.75) is 6.10 Å². The minimum absolute atomic E-state index is 0.112. The van der Waals surface area contributed by atoms with Crippen molar-refractivity contribution in [2.75, 3.05) is 31.7 Å². The van der Waals surface area contributed by atoms with Crippen LogP contribution in [-0.2, 0) is 4.74 Å². The van der Waals surface area contributed by atoms with E-state index >= 15 is 0 Å². The van der Waals surface area contributed by atoms with E-state index in [9.17, 15) is 10.1 Å². The molecule has 0 bridgehead atoms. The number of methoxy groups -OCH3 is 1. The van der Waals surface area contributed by atoms with Crippen molar-refractivity contribution in [2.24, 2.45) is 0 Å². The Balaban J connectivity index is 2.36. The number of nitro groups is 1. The van der Waals surface area contributed by atoms with Gasteiger partial charge in [-0.05, 0) is 0 Å². The molecule has 0 N–H and O–H groups in total. The van der Waals surface area contributed by atoms with Crippen LogP contribution >= 0.6 is 0 Å². The zero-order valence-corrected chi connectivity index (χ0v) is 10.3. The van der Waals surface area contributed by atoms with E-state index in [1.54, 1.807) is 4.90 Å². The number of hydrogen-bond donors (Lipinski definition) is 0. The standard InChI is InChI=1S/C11H12N4O4/c1-18-10-3-2-9(15(16)17)11(13-10)14-4-5-19-8(6-12)7-14/h2-3,8H,4-5,7H2,1H3. The molecule has 1 unspecified atom stereocenters. The van der Waals surface area contributed by atoms with Crippen molar-refractivity contribution in [1.82, 2.24) is 4.98 Å². The van der Waals surface area contributed by atoms with Gasteiger partial charge in [-0.25, -0.2) is 0 Å². The maximum absolute atomic E-state index is 11.0. The summed E-state index contributed by atoms with van der Waals surface area (Å²) < 4.78 is 10.2. The van der Waals surface area contributed by atoms with Crippen LogP contribution in [0, 0.1) is 21.4 Å². The Kier molecular flexibility index (Phi) is 3.77. The second-order valence-electron chi connectivity index (χ2n) is 3.89. The first-order valence-electron chi connectivity index (χ1n) is 5.61. The van der Waals surface area contributed by atoms with Crippen molar-refractivity contribution < 1.29 is 14.4 Å². The first-order chi connectivity index (χ1) is 9.15. The van der Waals surface area contributed by atoms with E-state index in [2.05, 4.69) is 4.98 Å². The van der Waals surface area contributed by atoms with Crippen LogP contribution in [0.3, 0.4) is 0 Å². The van der Waals surface area contributed by atoms with Gasteiger partial charge in [0.25, 0.3) is 0 Å². The van der Waals surface area contributed by atoms with E-state index in [0.29, 0.717) is 19.0 Å². The van der Waals surface area contributed by atoms with Crippen LogP contribution in [-0.4, -0.2) is 42.8 Å². The smallest absolute Gasteiger partial charge is 0.311 e. The molecule has 0 radical (unpaired) electrons. The summed E-state index contributed by atoms with van der Waals surface area (Å²) in [6.45, 7) is 1.02. The molecule has 8 nitrogen and oxygen atoms in total. The lowest BCUT2D eigenvalue weighted by atomic mass is 10.2. The van der Waals surface area contributed by atoms with Crippen LogP contribution in [0.25, 0.3) is 0 Å². The zero-order valence-electron chi connectivity index (χ0n) is 10.3. The number of rotatable bonds is 3. The predicted molar refractivity (Wildman–Crippen MR) is 65.0 cm³/mol. The Morgan fingerprint density at radius 2 is 2.47 bits per heavy atom. The maximum Gasteiger partial charge on any atom is 0.311 e. The van der Waals surface area contributed by atoms with Gasteiger partial charge in [-0.1, -0.05) is 0 Å². The van der Waals surface area contributed by atoms with Crippen molar-refractivity contribution in [1.29, 1.82) is 5.26 Å². The van der Waals surface area contributed by atoms with E-state index in [4.69, 9.17) is 14.7 Å². The number of morpholine rings is 1. The van der Waals surface area contributed by atoms with Crippen LogP contribution in [0.1, 0.15) is 0 Å². The predicted octanol–water partition coefficient (Wildman–Crippen LogP) is 0.727. The molecule has 2 rings (SSSR count). The Bertz CT molecular complexity index is 528. The molecule has 1 aromatic heterocycles. The number of nitriles is 1. The number of anilines is 1. The largest absolute Gasteiger partial charge is 0.481 e. The molecule has 1 aliphatic heterocycles. The van der Waals surface area contributed by atoms with Crippen molar-refractivity contribution >= 4 is 11.5 Å². The van der Waals surface area contributed by atoms with Gasteiger partial charge in [0.1, 0.15) is 0 Å². The lowest BCUT2D eigenvalue weighted by Crippen LogP contribution is -2.42. The molecule has 1 saturated heterocycles. The van der Waals surface area contributed by atoms with E-state index in [0.717, 1.165) is 0 Å². The number of pyridine rings is 1. The third-order valence-corrected chi connectivity index (χ3v) is 2.74. The molecule has 2 heterocycles. The van der Waals surface area contributed by atoms with Gasteiger partial charge in [0.15, 0.2) is 6.10 Å². The van der Waals surface area contributed by atoms with Gasteiger partial charge >= 0.3 is 5.69 Å². The number of hydrogen-bond acceptors (Lipinski definition) is 7. The fourth-order valence-electron chi connectivity index (χ4n) is 1.83. The summed E-state index contributed by atoms with van der Waals surface area (Å²) >= 11 is 0. The highest BCUT2D eigenvalue weighted by Crippen LogP contribution is 2.29. The van der Waals surface area contributed by atoms with E-state index in [-0.39, 0.29) is 18.1 Å². The highest BCUT2D eigenvalue weighted by atomic mass is 16.6. The first-order valence-corrected chi connectivity index (χ1v) is 5.61. The fourth-order valence-corrected chi connectivity index (χ4v) is 1.83. The number of nitrogens with zero attached hydrogens (tertiary/aromatic N) is 4. The van der Waals surface area contributed by atoms with Gasteiger partial charge in [0.05, 0.1) is 31.3 Å². The molecule has 100 valence electrons. The number of ether oxygens (including phenoxy) is 2. The lowest BCUT2D eigenvalue weighted by Gasteiger charge is -2.30. The molecule has 0 saturated carbocycles. The molecule has 1 fully saturated rings. The Morgan fingerprint density at radius 3 is 3.11 bits per heavy atom. The van der Waals surface area contributed by atoms with Gasteiger partial charge in [0.2, 0.25) is 11.7 Å². The van der Waals surface area contributed by atoms with Crippen molar-refractivity contribution in [3.05, 3.63) is 22.2 Å². The summed E-state index contributed by atoms with van der Waals surface area (Å²) in [4.78, 5) is 16.3. The van der Waals surface area contributed by atoms with Gasteiger partial charge < -0.3 is 14.4 Å². The normalized spacial score (nSPS) is 18.7. The molecule has 0 aromatic carbocycles. The molecular weight excluding hydrogens is 252 g/mol. The van der Waals surface area contributed by atoms with Crippen molar-refractivity contribution in [3.63, 3.8) is 0 Å². The van der Waals surface area contributed by atoms with Gasteiger partial charge in [-0.2, -0.15) is 10.2 Å². The molecule has 1 aliphatic rings. The molecule has 19 heavy (non-hydrogen) atoms. The second kappa shape index (κ2) is 5.49. The molecule has 0 aliphatic carbocycles. The summed E-state index contributed by atoms with van der Waals surface area (Å²) in [5, 5.41) is 19.9. The molecular formula is C11H12N4O4. The topological polar surface area (TPSA) is 102 Å². The van der Waals surface area contributed by atoms with Crippen LogP contribution in [0.4, 0.5) is 11.5 Å². The highest BCUT2D eigenvalue weighted by molar-refractivity contribution is 5.59. The summed E-state index contributed by atoms with van der Waals surface area (Å²) in [6, 6.07) is 4.77. The average Bonchev–Trinajstić information content (AvgIpc) is 2.46. The Morgan fingerprint density at radius 1 is 1.68 bits per heavy atom. The molecule has 1 atom stereocenters. The third kappa shape index (κ3) is 2.71. The van der Waals surface area contributed by atoms with Crippen LogP contribution in [0.5, 0.6) is 5.88 Å². The summed E-state index contributed by atoms with van der Waals surface area (Å²) in [7, 11) is 1.44. The number of aromatic nitrogens is 1. The summed E-state index contributed by atoms with van der Waals surface area (Å²) in [5.41, 5.74) is -0.112. The monoisotopic (exact) mass is 264 g/mol. The third-order valence-electron chi connectivity index (χ3n) is 2.74. The van der Waals surface area contributed by atoms with Crippen molar-refractivity contribution in [3.8, 4) is 11.9 Å². The Hall–Kier alpha value is -2.40. The average molecular weight is 264 g/mol. The zero-order chi connectivity index (χ0) is 13.8. The van der Waals surface area contributed by atoms with E-state index in [1.165, 1.54) is 19.2 Å². The summed E-state index contributed by atoms with van der Waals surface area (Å²) in [6.07, 6.45) is -0.610. The van der Waals surface area contributed by atoms with Gasteiger partial charge in [-0.3, -0.25) is 10.1 Å². The quantitative estimate of drug-likeness (QED) is 0.585. The minimum Gasteiger partial charge on any atom is -0.481 e. The summed E-state index contributed by atoms with van der Waals surface area (Å²) in [5.74, 6) is 0.494. The van der Waals surface area contributed by atoms with Crippen LogP contribution in [0.15, 0.2) is 12.1 Å². The molecule has 0 amide bonds. The van der Waals surface area contributed by atoms with Crippen LogP contribution < -0.4 is 9.64 Å². The van der Waals surface area contributed by atoms with E-state index in [1.807, 2.05) is 6.07 Å². The van der Waals surface area contributed by atoms with Gasteiger partial charge in [-0.15, -0.1) is 0 Å². The SMILES string of the molecule is COc1ccc([N+](=O)[O-])c(N2CCOC(C#N)C2)n1. The second-order valence-corrected chi connectivity index (χ2v) is 3.89. The fraction of sp³-hybridized carbons (Fsp3) is 0.455. The maximum atomic E-state index is 11.0. The minimum atomic E-state index is -0.610. The molecule has 0 spiro atoms. The highest BCUT2D eigenvalue weighted by Gasteiger charge is 2.27. The van der Waals surface area contributed by atoms with E-state index < -0.39 is 11.0 Å². The lowest BCUT2D eigenvalue weighted by molar-refractivity contribution is -0.384. The van der Waals surface area contributed by atoms with Gasteiger partial charge in [0, 0.05) is 18.7 Å². The van der Waals surface area contributed by atoms with Crippen LogP contribution in [0.2, 0.25) is 0 Å². The molecule has 8 heteroatoms. The first kappa shape index (κ1) is 13.0. The molecule has 1 aromatic rings.